The molecule has 4 atom stereocenters. The number of aliphatic hydroxyl groups excluding tert-OH is 1. The molecule has 2 N–H and O–H groups in total. The van der Waals surface area contributed by atoms with E-state index in [9.17, 15) is 5.11 Å². The van der Waals surface area contributed by atoms with E-state index in [0.29, 0.717) is 17.9 Å². The van der Waals surface area contributed by atoms with E-state index in [0.717, 1.165) is 32.5 Å². The highest BCUT2D eigenvalue weighted by Crippen LogP contribution is 2.39. The van der Waals surface area contributed by atoms with Crippen molar-refractivity contribution in [3.8, 4) is 0 Å². The van der Waals surface area contributed by atoms with Crippen LogP contribution in [0.15, 0.2) is 24.3 Å². The Balaban J connectivity index is 1.67. The van der Waals surface area contributed by atoms with Gasteiger partial charge in [0.15, 0.2) is 0 Å². The molecule has 1 saturated carbocycles. The fourth-order valence-corrected chi connectivity index (χ4v) is 4.11. The maximum Gasteiger partial charge on any atom is 0.0588 e. The number of hydrogen-bond donors (Lipinski definition) is 2. The molecule has 3 nitrogen and oxygen atoms in total. The number of anilines is 1. The summed E-state index contributed by atoms with van der Waals surface area (Å²) in [5.74, 6) is 1.19. The molecule has 0 aromatic heterocycles. The molecule has 1 heterocycles. The fraction of sp³-hybridized carbons (Fsp3) is 0.667. The first kappa shape index (κ1) is 14.9. The van der Waals surface area contributed by atoms with Gasteiger partial charge in [-0.15, -0.1) is 0 Å². The van der Waals surface area contributed by atoms with E-state index in [1.54, 1.807) is 0 Å². The van der Waals surface area contributed by atoms with E-state index in [2.05, 4.69) is 48.3 Å². The fourth-order valence-electron chi connectivity index (χ4n) is 4.11. The van der Waals surface area contributed by atoms with Gasteiger partial charge in [0, 0.05) is 30.7 Å². The van der Waals surface area contributed by atoms with Crippen molar-refractivity contribution in [3.05, 3.63) is 29.8 Å². The minimum atomic E-state index is -0.0718. The van der Waals surface area contributed by atoms with Crippen molar-refractivity contribution in [2.24, 2.45) is 11.8 Å². The number of hydrogen-bond acceptors (Lipinski definition) is 3. The molecule has 1 saturated heterocycles. The Bertz CT molecular complexity index is 459. The van der Waals surface area contributed by atoms with E-state index >= 15 is 0 Å². The quantitative estimate of drug-likeness (QED) is 0.874. The second-order valence-electron chi connectivity index (χ2n) is 6.58. The van der Waals surface area contributed by atoms with Crippen molar-refractivity contribution in [1.82, 2.24) is 5.32 Å². The average Bonchev–Trinajstić information content (AvgIpc) is 3.08. The minimum Gasteiger partial charge on any atom is -0.393 e. The molecule has 1 aliphatic carbocycles. The molecule has 0 radical (unpaired) electrons. The van der Waals surface area contributed by atoms with Crippen molar-refractivity contribution in [3.63, 3.8) is 0 Å². The first-order chi connectivity index (χ1) is 10.2. The normalized spacial score (nSPS) is 29.7. The number of aliphatic hydroxyl groups is 1. The zero-order chi connectivity index (χ0) is 14.8. The molecule has 2 aliphatic rings. The van der Waals surface area contributed by atoms with Crippen molar-refractivity contribution >= 4 is 5.69 Å². The van der Waals surface area contributed by atoms with Crippen LogP contribution in [0.4, 0.5) is 5.69 Å². The van der Waals surface area contributed by atoms with Crippen LogP contribution < -0.4 is 10.2 Å². The molecule has 1 aromatic rings. The summed E-state index contributed by atoms with van der Waals surface area (Å²) in [5, 5.41) is 13.6. The standard InChI is InChI=1S/C18H28N2O/c1-3-17(19-4-2)13-5-8-15(9-6-13)20-11-14-7-10-18(21)16(14)12-20/h5-6,8-9,14,16-19,21H,3-4,7,10-12H2,1-2H3. The third kappa shape index (κ3) is 2.95. The predicted molar refractivity (Wildman–Crippen MR) is 87.6 cm³/mol. The largest absolute Gasteiger partial charge is 0.393 e. The van der Waals surface area contributed by atoms with Crippen LogP contribution in [0.2, 0.25) is 0 Å². The Morgan fingerprint density at radius 1 is 1.19 bits per heavy atom. The molecule has 1 aliphatic heterocycles. The lowest BCUT2D eigenvalue weighted by Crippen LogP contribution is -2.24. The van der Waals surface area contributed by atoms with Crippen LogP contribution in [-0.2, 0) is 0 Å². The molecular formula is C18H28N2O. The van der Waals surface area contributed by atoms with Gasteiger partial charge in [0.1, 0.15) is 0 Å². The first-order valence-electron chi connectivity index (χ1n) is 8.49. The van der Waals surface area contributed by atoms with Crippen LogP contribution in [0, 0.1) is 11.8 Å². The molecule has 116 valence electrons. The molecule has 2 fully saturated rings. The maximum atomic E-state index is 10.0. The lowest BCUT2D eigenvalue weighted by atomic mass is 10.00. The number of rotatable bonds is 5. The highest BCUT2D eigenvalue weighted by Gasteiger charge is 2.41. The van der Waals surface area contributed by atoms with Crippen LogP contribution >= 0.6 is 0 Å². The van der Waals surface area contributed by atoms with Crippen LogP contribution in [0.3, 0.4) is 0 Å². The highest BCUT2D eigenvalue weighted by atomic mass is 16.3. The van der Waals surface area contributed by atoms with Gasteiger partial charge in [0.25, 0.3) is 0 Å². The summed E-state index contributed by atoms with van der Waals surface area (Å²) in [4.78, 5) is 2.45. The molecule has 3 heteroatoms. The Morgan fingerprint density at radius 3 is 2.57 bits per heavy atom. The molecule has 1 aromatic carbocycles. The number of benzene rings is 1. The topological polar surface area (TPSA) is 35.5 Å². The van der Waals surface area contributed by atoms with Crippen LogP contribution in [0.25, 0.3) is 0 Å². The summed E-state index contributed by atoms with van der Waals surface area (Å²) in [6.45, 7) is 7.53. The van der Waals surface area contributed by atoms with Crippen molar-refractivity contribution in [1.29, 1.82) is 0 Å². The second kappa shape index (κ2) is 6.37. The Kier molecular flexibility index (Phi) is 4.51. The van der Waals surface area contributed by atoms with E-state index in [1.807, 2.05) is 0 Å². The van der Waals surface area contributed by atoms with E-state index in [4.69, 9.17) is 0 Å². The van der Waals surface area contributed by atoms with Gasteiger partial charge in [-0.1, -0.05) is 26.0 Å². The number of nitrogens with one attached hydrogen (secondary N) is 1. The summed E-state index contributed by atoms with van der Waals surface area (Å²) in [6, 6.07) is 9.49. The van der Waals surface area contributed by atoms with Gasteiger partial charge >= 0.3 is 0 Å². The van der Waals surface area contributed by atoms with Gasteiger partial charge in [-0.2, -0.15) is 0 Å². The zero-order valence-electron chi connectivity index (χ0n) is 13.3. The minimum absolute atomic E-state index is 0.0718. The lowest BCUT2D eigenvalue weighted by molar-refractivity contribution is 0.133. The van der Waals surface area contributed by atoms with E-state index in [-0.39, 0.29) is 6.10 Å². The molecular weight excluding hydrogens is 260 g/mol. The Hall–Kier alpha value is -1.06. The van der Waals surface area contributed by atoms with E-state index in [1.165, 1.54) is 17.7 Å². The second-order valence-corrected chi connectivity index (χ2v) is 6.58. The summed E-state index contributed by atoms with van der Waals surface area (Å²) < 4.78 is 0. The van der Waals surface area contributed by atoms with Gasteiger partial charge in [-0.05, 0) is 49.4 Å². The third-order valence-corrected chi connectivity index (χ3v) is 5.34. The highest BCUT2D eigenvalue weighted by molar-refractivity contribution is 5.49. The number of fused-ring (bicyclic) bond motifs is 1. The predicted octanol–water partition coefficient (Wildman–Crippen LogP) is 2.95. The third-order valence-electron chi connectivity index (χ3n) is 5.34. The van der Waals surface area contributed by atoms with Crippen molar-refractivity contribution in [2.45, 2.75) is 45.3 Å². The summed E-state index contributed by atoms with van der Waals surface area (Å²) in [7, 11) is 0. The molecule has 0 amide bonds. The smallest absolute Gasteiger partial charge is 0.0588 e. The molecule has 0 spiro atoms. The zero-order valence-corrected chi connectivity index (χ0v) is 13.3. The first-order valence-corrected chi connectivity index (χ1v) is 8.49. The molecule has 0 bridgehead atoms. The molecule has 4 unspecified atom stereocenters. The van der Waals surface area contributed by atoms with Gasteiger partial charge in [-0.25, -0.2) is 0 Å². The lowest BCUT2D eigenvalue weighted by Gasteiger charge is -2.22. The van der Waals surface area contributed by atoms with Crippen LogP contribution in [0.1, 0.15) is 44.7 Å². The average molecular weight is 288 g/mol. The van der Waals surface area contributed by atoms with Gasteiger partial charge in [0.2, 0.25) is 0 Å². The molecule has 3 rings (SSSR count). The van der Waals surface area contributed by atoms with E-state index < -0.39 is 0 Å². The van der Waals surface area contributed by atoms with Crippen molar-refractivity contribution in [2.75, 3.05) is 24.5 Å². The van der Waals surface area contributed by atoms with Crippen molar-refractivity contribution < 1.29 is 5.11 Å². The van der Waals surface area contributed by atoms with Gasteiger partial charge in [-0.3, -0.25) is 0 Å². The molecule has 21 heavy (non-hydrogen) atoms. The summed E-state index contributed by atoms with van der Waals surface area (Å²) in [6.07, 6.45) is 3.24. The summed E-state index contributed by atoms with van der Waals surface area (Å²) in [5.41, 5.74) is 2.69. The van der Waals surface area contributed by atoms with Crippen LogP contribution in [0.5, 0.6) is 0 Å². The monoisotopic (exact) mass is 288 g/mol. The van der Waals surface area contributed by atoms with Gasteiger partial charge in [0.05, 0.1) is 6.10 Å². The Morgan fingerprint density at radius 2 is 1.95 bits per heavy atom. The maximum absolute atomic E-state index is 10.0. The summed E-state index contributed by atoms with van der Waals surface area (Å²) >= 11 is 0. The Labute approximate surface area is 128 Å². The number of nitrogens with zero attached hydrogens (tertiary/aromatic N) is 1. The SMILES string of the molecule is CCNC(CC)c1ccc(N2CC3CCC(O)C3C2)cc1. The van der Waals surface area contributed by atoms with Crippen LogP contribution in [-0.4, -0.2) is 30.8 Å². The van der Waals surface area contributed by atoms with Gasteiger partial charge < -0.3 is 15.3 Å².